The maximum Gasteiger partial charge on any atom is 0.330 e. The Balaban J connectivity index is 0.582. The fourth-order valence-electron chi connectivity index (χ4n) is 30.7. The number of Topliss-reactive ketones (excluding diaryl/α,β-unsaturated/α-hetero) is 2. The molecule has 0 aromatic carbocycles. The van der Waals surface area contributed by atoms with Gasteiger partial charge in [-0.1, -0.05) is 76.0 Å². The molecule has 0 spiro atoms. The molecule has 10 N–H and O–H groups in total. The number of esters is 2. The van der Waals surface area contributed by atoms with Gasteiger partial charge in [0.25, 0.3) is 0 Å². The second-order valence-corrected chi connectivity index (χ2v) is 48.4. The van der Waals surface area contributed by atoms with Gasteiger partial charge in [-0.3, -0.25) is 9.59 Å². The molecule has 8 aliphatic carbocycles. The lowest BCUT2D eigenvalue weighted by atomic mass is 9.42. The number of allylic oxidation sites excluding steroid dienone is 2. The predicted octanol–water partition coefficient (Wildman–Crippen LogP) is 9.05. The van der Waals surface area contributed by atoms with Crippen LogP contribution in [0.25, 0.3) is 0 Å². The number of carbonyl (C=O) groups excluding carboxylic acids is 4. The molecule has 8 heterocycles. The van der Waals surface area contributed by atoms with Gasteiger partial charge in [-0.15, -0.1) is 0 Å². The molecule has 16 aliphatic rings. The monoisotopic (exact) mass is 2130 g/mol. The van der Waals surface area contributed by atoms with Gasteiger partial charge >= 0.3 is 11.9 Å². The molecule has 38 nitrogen and oxygen atoms in total. The molecule has 854 valence electrons. The summed E-state index contributed by atoms with van der Waals surface area (Å²) in [7, 11) is 9.66. The number of ether oxygens (including phenoxy) is 24. The van der Waals surface area contributed by atoms with Crippen molar-refractivity contribution >= 4 is 23.5 Å². The molecule has 8 aliphatic heterocycles. The summed E-state index contributed by atoms with van der Waals surface area (Å²) in [4.78, 5) is 59.8. The molecule has 2 bridgehead atoms. The number of rotatable bonds is 33. The van der Waals surface area contributed by atoms with E-state index in [0.717, 1.165) is 11.1 Å². The summed E-state index contributed by atoms with van der Waals surface area (Å²) in [6, 6.07) is 0. The van der Waals surface area contributed by atoms with Crippen molar-refractivity contribution in [3.63, 3.8) is 0 Å². The lowest BCUT2D eigenvalue weighted by Crippen LogP contribution is -2.78. The summed E-state index contributed by atoms with van der Waals surface area (Å²) < 4.78 is 155. The van der Waals surface area contributed by atoms with Gasteiger partial charge in [0, 0.05) is 154 Å². The largest absolute Gasteiger partial charge is 0.458 e. The number of aliphatic hydroxyl groups is 10. The summed E-state index contributed by atoms with van der Waals surface area (Å²) in [5, 5.41) is 124. The van der Waals surface area contributed by atoms with Crippen LogP contribution in [0.5, 0.6) is 0 Å². The lowest BCUT2D eigenvalue weighted by molar-refractivity contribution is -0.346. The number of aliphatic hydroxyl groups excluding tert-OH is 4. The zero-order chi connectivity index (χ0) is 109. The summed E-state index contributed by atoms with van der Waals surface area (Å²) >= 11 is 0. The van der Waals surface area contributed by atoms with Gasteiger partial charge in [-0.2, -0.15) is 0 Å². The van der Waals surface area contributed by atoms with Crippen molar-refractivity contribution < 1.29 is 184 Å². The van der Waals surface area contributed by atoms with E-state index in [2.05, 4.69) is 6.92 Å². The Bertz CT molecular complexity index is 4770. The second-order valence-electron chi connectivity index (χ2n) is 48.4. The molecule has 8 saturated heterocycles. The maximum atomic E-state index is 15.7. The average molecular weight is 2130 g/mol. The molecule has 50 atom stereocenters. The standard InChI is InChI=1S/C112H178O38/c1-54(2)55(3)38-84(117)143-82-50-80-103(16)30-28-72(141-88-44-74(127-20)98(60(8)135-88)147-92-48-78(131-24)100(64(12)139-92)149-90-46-76(129-22)96(62(10)137-90)145-86-40-68(52-113)94(119)58(6)133-86)42-70(103)26-32-109(80,123)111(125)35-34-107(121,66(14)115)105(82,18)102(111)57(5)56(4)39-85(118)144-83-51-81-104(17)31-29-73(43-71(104)27-33-110(81,124)112(126)37-36-108(122,67(15)116)106(83,112)19)142-89-45-75(128-21)99(61(9)136-89)148-93-49-79(132-25)101(65(13)140-93)150-91-47-77(130-23)97(63(11)138-91)146-87-41-69(53-114)95(120)59(7)134-87/h26-27,38-39,54,57-65,68-69,72-83,86-102,113-114,119-126H,28-37,40-53H2,1-25H3/t57?,58?,59?,60?,61?,62?,63?,64?,65?,68?,69?,72?,73?,74?,75?,76?,77?,78?,79?,80?,81?,82-,83-,86?,87?,88?,89?,90?,91?,92?,93?,94?,95?,96?,97?,98?,99?,100?,101?,102?,103+,104+,105+,106-,107-,108-,109+,110+,111-,112-/m1/s1. The quantitative estimate of drug-likeness (QED) is 0.0166. The van der Waals surface area contributed by atoms with Crippen LogP contribution in [-0.2, 0) is 133 Å². The molecular formula is C112H178O38. The molecule has 38 unspecified atom stereocenters. The smallest absolute Gasteiger partial charge is 0.330 e. The van der Waals surface area contributed by atoms with Gasteiger partial charge in [0.1, 0.15) is 76.8 Å². The molecule has 38 heteroatoms. The van der Waals surface area contributed by atoms with Crippen molar-refractivity contribution in [1.29, 1.82) is 0 Å². The number of ketones is 2. The maximum absolute atomic E-state index is 15.7. The van der Waals surface area contributed by atoms with Crippen LogP contribution in [0.2, 0.25) is 0 Å². The van der Waals surface area contributed by atoms with Gasteiger partial charge in [-0.25, -0.2) is 9.59 Å². The van der Waals surface area contributed by atoms with Crippen LogP contribution in [0.4, 0.5) is 0 Å². The first-order valence-corrected chi connectivity index (χ1v) is 55.4. The normalized spacial score (nSPS) is 50.2. The Morgan fingerprint density at radius 2 is 0.687 bits per heavy atom. The molecule has 0 aromatic rings. The minimum Gasteiger partial charge on any atom is -0.458 e. The van der Waals surface area contributed by atoms with E-state index in [1.54, 1.807) is 77.3 Å². The van der Waals surface area contributed by atoms with Gasteiger partial charge < -0.3 is 165 Å². The Kier molecular flexibility index (Phi) is 36.5. The van der Waals surface area contributed by atoms with Crippen molar-refractivity contribution in [3.8, 4) is 0 Å². The van der Waals surface area contributed by atoms with Crippen LogP contribution < -0.4 is 0 Å². The van der Waals surface area contributed by atoms with E-state index < -0.39 is 323 Å². The van der Waals surface area contributed by atoms with Crippen molar-refractivity contribution in [2.75, 3.05) is 55.9 Å². The Morgan fingerprint density at radius 1 is 0.380 bits per heavy atom. The number of fused-ring (bicyclic) bond motifs is 11. The van der Waals surface area contributed by atoms with Crippen molar-refractivity contribution in [2.45, 2.75) is 515 Å². The summed E-state index contributed by atoms with van der Waals surface area (Å²) in [5.41, 5.74) is -16.1. The highest BCUT2D eigenvalue weighted by molar-refractivity contribution is 5.88. The second kappa shape index (κ2) is 46.2. The van der Waals surface area contributed by atoms with E-state index in [1.165, 1.54) is 32.9 Å². The fraction of sp³-hybridized carbons (Fsp3) is 0.893. The van der Waals surface area contributed by atoms with Crippen LogP contribution in [0.3, 0.4) is 0 Å². The lowest BCUT2D eigenvalue weighted by Gasteiger charge is -2.67. The average Bonchev–Trinajstić information content (AvgIpc) is 1.46. The minimum absolute atomic E-state index is 0.0754. The Labute approximate surface area is 884 Å². The Hall–Kier alpha value is -4.04. The molecule has 150 heavy (non-hydrogen) atoms. The molecule has 0 amide bonds. The third kappa shape index (κ3) is 21.4. The topological polar surface area (TPSA) is 492 Å². The molecule has 14 fully saturated rings. The van der Waals surface area contributed by atoms with Crippen LogP contribution in [0.1, 0.15) is 273 Å². The van der Waals surface area contributed by atoms with Crippen molar-refractivity contribution in [1.82, 2.24) is 0 Å². The van der Waals surface area contributed by atoms with Crippen LogP contribution in [0, 0.1) is 63.1 Å². The van der Waals surface area contributed by atoms with Gasteiger partial charge in [0.05, 0.1) is 121 Å². The van der Waals surface area contributed by atoms with Gasteiger partial charge in [0.2, 0.25) is 0 Å². The van der Waals surface area contributed by atoms with E-state index in [9.17, 15) is 65.4 Å². The van der Waals surface area contributed by atoms with Crippen LogP contribution in [-0.4, -0.2) is 373 Å². The number of carbonyl (C=O) groups is 4. The number of methoxy groups -OCH3 is 6. The first kappa shape index (κ1) is 118. The van der Waals surface area contributed by atoms with E-state index in [1.807, 2.05) is 81.4 Å². The first-order valence-electron chi connectivity index (χ1n) is 55.4. The predicted molar refractivity (Wildman–Crippen MR) is 535 cm³/mol. The zero-order valence-electron chi connectivity index (χ0n) is 92.9. The summed E-state index contributed by atoms with van der Waals surface area (Å²) in [6.45, 7) is 33.3. The van der Waals surface area contributed by atoms with Crippen LogP contribution in [0.15, 0.2) is 46.6 Å². The van der Waals surface area contributed by atoms with E-state index in [0.29, 0.717) is 82.6 Å². The molecular weight excluding hydrogens is 1950 g/mol. The number of hydrogen-bond acceptors (Lipinski definition) is 38. The van der Waals surface area contributed by atoms with E-state index in [4.69, 9.17) is 114 Å². The highest BCUT2D eigenvalue weighted by atomic mass is 16.8. The van der Waals surface area contributed by atoms with Crippen molar-refractivity contribution in [2.24, 2.45) is 63.1 Å². The number of hydrogen-bond donors (Lipinski definition) is 10. The van der Waals surface area contributed by atoms with Crippen LogP contribution >= 0.6 is 0 Å². The third-order valence-corrected chi connectivity index (χ3v) is 40.2. The third-order valence-electron chi connectivity index (χ3n) is 40.2. The van der Waals surface area contributed by atoms with Gasteiger partial charge in [0.15, 0.2) is 61.9 Å². The highest BCUT2D eigenvalue weighted by Crippen LogP contribution is 2.74. The Morgan fingerprint density at radius 3 is 1.03 bits per heavy atom. The zero-order valence-corrected chi connectivity index (χ0v) is 92.9. The SMILES string of the molecule is COC1CC(OC2C(C)OC(OC3C(C)OC(OC4CC[C@@]5(C)C(=CC[C@]6(O)C5C[C@@H](OC(=O)C=C(C)C(C)C5[C@]7(O)CC[C@@](O)(C(C)=O)[C@@]5(C)[C@H](OC(=O)C=C(C)C(C)C)CC5[C@@]8(C)CCC(OC9CC(OC)C(OC%10CC(OC)C(OC%11CC(OC)C(OC%12CC(CO)C(O)C(C)O%12)C(C)O%11)C(C)O%10)C(C)O9)CC8=CC[C@]57O)[C@@]5(C)[C@]6(O)CC[C@@]5(O)C(C)=O)C4)CC3OC)CC2OC)OC(C)C1OC1CC(CO)C(O)C(C)O1. The highest BCUT2D eigenvalue weighted by Gasteiger charge is 2.83. The first-order chi connectivity index (χ1) is 70.7. The van der Waals surface area contributed by atoms with Crippen molar-refractivity contribution in [3.05, 3.63) is 46.6 Å². The summed E-state index contributed by atoms with van der Waals surface area (Å²) in [6.07, 6.45) is -11.8. The molecule has 0 aromatic heterocycles. The fourth-order valence-corrected chi connectivity index (χ4v) is 30.7. The molecule has 0 radical (unpaired) electrons. The summed E-state index contributed by atoms with van der Waals surface area (Å²) in [5.74, 6) is -8.13. The van der Waals surface area contributed by atoms with E-state index >= 15 is 4.79 Å². The van der Waals surface area contributed by atoms with E-state index in [-0.39, 0.29) is 88.9 Å². The minimum atomic E-state index is -2.32. The molecule has 6 saturated carbocycles. The van der Waals surface area contributed by atoms with Gasteiger partial charge in [-0.05, 0) is 203 Å². The molecule has 16 rings (SSSR count).